The Balaban J connectivity index is 2.72. The molecular weight excluding hydrogens is 261 g/mol. The first-order valence-corrected chi connectivity index (χ1v) is 6.11. The van der Waals surface area contributed by atoms with E-state index in [9.17, 15) is 18.0 Å². The van der Waals surface area contributed by atoms with Gasteiger partial charge in [-0.25, -0.2) is 4.98 Å². The summed E-state index contributed by atoms with van der Waals surface area (Å²) in [5.41, 5.74) is -1.79. The predicted molar refractivity (Wildman–Crippen MR) is 57.0 cm³/mol. The van der Waals surface area contributed by atoms with E-state index in [1.807, 2.05) is 0 Å². The minimum Gasteiger partial charge on any atom is -0.316 e. The summed E-state index contributed by atoms with van der Waals surface area (Å²) in [5, 5.41) is 0. The zero-order valence-electron chi connectivity index (χ0n) is 7.88. The molecule has 2 aromatic rings. The SMILES string of the molecule is CSc1nc2c(=O)[nH]c(C(F)(F)F)cc2s1. The van der Waals surface area contributed by atoms with E-state index in [0.717, 1.165) is 17.4 Å². The number of rotatable bonds is 1. The first-order chi connectivity index (χ1) is 7.41. The highest BCUT2D eigenvalue weighted by Gasteiger charge is 2.32. The summed E-state index contributed by atoms with van der Waals surface area (Å²) in [6.07, 6.45) is -2.80. The van der Waals surface area contributed by atoms with Crippen molar-refractivity contribution >= 4 is 33.3 Å². The van der Waals surface area contributed by atoms with Crippen LogP contribution < -0.4 is 5.56 Å². The van der Waals surface area contributed by atoms with Crippen molar-refractivity contribution in [3.8, 4) is 0 Å². The first-order valence-electron chi connectivity index (χ1n) is 4.07. The minimum absolute atomic E-state index is 0.0577. The van der Waals surface area contributed by atoms with Gasteiger partial charge in [0.15, 0.2) is 4.34 Å². The van der Waals surface area contributed by atoms with Crippen molar-refractivity contribution in [1.82, 2.24) is 9.97 Å². The molecule has 0 aliphatic rings. The lowest BCUT2D eigenvalue weighted by atomic mass is 10.3. The van der Waals surface area contributed by atoms with Crippen LogP contribution in [0.4, 0.5) is 13.2 Å². The van der Waals surface area contributed by atoms with Gasteiger partial charge in [-0.15, -0.1) is 11.3 Å². The number of nitrogens with zero attached hydrogens (tertiary/aromatic N) is 1. The number of halogens is 3. The van der Waals surface area contributed by atoms with E-state index in [0.29, 0.717) is 4.34 Å². The second-order valence-electron chi connectivity index (χ2n) is 2.91. The van der Waals surface area contributed by atoms with Gasteiger partial charge >= 0.3 is 6.18 Å². The average Bonchev–Trinajstić information content (AvgIpc) is 2.59. The number of alkyl halides is 3. The van der Waals surface area contributed by atoms with Gasteiger partial charge in [0.1, 0.15) is 11.2 Å². The number of fused-ring (bicyclic) bond motifs is 1. The van der Waals surface area contributed by atoms with E-state index in [4.69, 9.17) is 0 Å². The van der Waals surface area contributed by atoms with Crippen molar-refractivity contribution in [2.75, 3.05) is 6.26 Å². The number of H-pyrrole nitrogens is 1. The fraction of sp³-hybridized carbons (Fsp3) is 0.250. The number of thioether (sulfide) groups is 1. The molecule has 2 heterocycles. The molecule has 2 rings (SSSR count). The van der Waals surface area contributed by atoms with E-state index >= 15 is 0 Å². The molecular formula is C8H5F3N2OS2. The number of pyridine rings is 1. The van der Waals surface area contributed by atoms with Crippen LogP contribution in [-0.2, 0) is 6.18 Å². The molecule has 0 spiro atoms. The van der Waals surface area contributed by atoms with Crippen molar-refractivity contribution in [2.24, 2.45) is 0 Å². The number of hydrogen-bond donors (Lipinski definition) is 1. The van der Waals surface area contributed by atoms with Crippen LogP contribution in [0.15, 0.2) is 15.2 Å². The summed E-state index contributed by atoms with van der Waals surface area (Å²) in [4.78, 5) is 17.1. The minimum atomic E-state index is -4.54. The third-order valence-corrected chi connectivity index (χ3v) is 3.84. The van der Waals surface area contributed by atoms with Crippen molar-refractivity contribution in [1.29, 1.82) is 0 Å². The summed E-state index contributed by atoms with van der Waals surface area (Å²) in [6, 6.07) is 0.911. The smallest absolute Gasteiger partial charge is 0.316 e. The highest BCUT2D eigenvalue weighted by atomic mass is 32.2. The summed E-state index contributed by atoms with van der Waals surface area (Å²) in [7, 11) is 0. The molecule has 2 aromatic heterocycles. The Morgan fingerprint density at radius 3 is 2.75 bits per heavy atom. The van der Waals surface area contributed by atoms with Gasteiger partial charge in [-0.2, -0.15) is 13.2 Å². The second-order valence-corrected chi connectivity index (χ2v) is 4.99. The van der Waals surface area contributed by atoms with Gasteiger partial charge in [-0.05, 0) is 12.3 Å². The molecule has 0 atom stereocenters. The molecule has 0 unspecified atom stereocenters. The molecule has 16 heavy (non-hydrogen) atoms. The van der Waals surface area contributed by atoms with E-state index in [1.54, 1.807) is 11.2 Å². The van der Waals surface area contributed by atoms with Gasteiger partial charge in [-0.1, -0.05) is 11.8 Å². The molecule has 0 saturated carbocycles. The van der Waals surface area contributed by atoms with Crippen LogP contribution in [0.1, 0.15) is 5.69 Å². The molecule has 0 amide bonds. The molecule has 0 aromatic carbocycles. The van der Waals surface area contributed by atoms with Crippen LogP contribution in [-0.4, -0.2) is 16.2 Å². The topological polar surface area (TPSA) is 45.8 Å². The molecule has 86 valence electrons. The molecule has 0 radical (unpaired) electrons. The fourth-order valence-electron chi connectivity index (χ4n) is 1.16. The third kappa shape index (κ3) is 1.94. The molecule has 0 bridgehead atoms. The summed E-state index contributed by atoms with van der Waals surface area (Å²) in [5.74, 6) is 0. The van der Waals surface area contributed by atoms with E-state index in [2.05, 4.69) is 4.98 Å². The van der Waals surface area contributed by atoms with Crippen molar-refractivity contribution in [2.45, 2.75) is 10.5 Å². The number of nitrogens with one attached hydrogen (secondary N) is 1. The molecule has 0 saturated heterocycles. The maximum atomic E-state index is 12.4. The van der Waals surface area contributed by atoms with Crippen LogP contribution >= 0.6 is 23.1 Å². The molecule has 3 nitrogen and oxygen atoms in total. The van der Waals surface area contributed by atoms with Crippen LogP contribution in [0.25, 0.3) is 10.2 Å². The normalized spacial score (nSPS) is 12.2. The molecule has 0 aliphatic heterocycles. The van der Waals surface area contributed by atoms with Crippen LogP contribution in [0, 0.1) is 0 Å². The Morgan fingerprint density at radius 1 is 1.50 bits per heavy atom. The number of hydrogen-bond acceptors (Lipinski definition) is 4. The Hall–Kier alpha value is -1.02. The maximum absolute atomic E-state index is 12.4. The van der Waals surface area contributed by atoms with Gasteiger partial charge in [-0.3, -0.25) is 4.79 Å². The van der Waals surface area contributed by atoms with Crippen molar-refractivity contribution in [3.05, 3.63) is 22.1 Å². The second kappa shape index (κ2) is 3.77. The van der Waals surface area contributed by atoms with E-state index < -0.39 is 17.4 Å². The number of thiazole rings is 1. The van der Waals surface area contributed by atoms with Crippen LogP contribution in [0.3, 0.4) is 0 Å². The average molecular weight is 266 g/mol. The quantitative estimate of drug-likeness (QED) is 0.807. The van der Waals surface area contributed by atoms with Gasteiger partial charge in [0.25, 0.3) is 5.56 Å². The lowest BCUT2D eigenvalue weighted by Crippen LogP contribution is -2.16. The highest BCUT2D eigenvalue weighted by Crippen LogP contribution is 2.31. The Bertz CT molecular complexity index is 587. The Morgan fingerprint density at radius 2 is 2.19 bits per heavy atom. The molecule has 1 N–H and O–H groups in total. The van der Waals surface area contributed by atoms with Gasteiger partial charge in [0.2, 0.25) is 0 Å². The zero-order chi connectivity index (χ0) is 11.9. The fourth-order valence-corrected chi connectivity index (χ4v) is 2.68. The monoisotopic (exact) mass is 266 g/mol. The molecule has 0 fully saturated rings. The zero-order valence-corrected chi connectivity index (χ0v) is 9.52. The standard InChI is InChI=1S/C8H5F3N2OS2/c1-15-7-13-5-3(16-7)2-4(8(9,10)11)12-6(5)14/h2H,1H3,(H,12,14). The molecule has 8 heteroatoms. The summed E-state index contributed by atoms with van der Waals surface area (Å²) >= 11 is 2.36. The van der Waals surface area contributed by atoms with Crippen LogP contribution in [0.5, 0.6) is 0 Å². The lowest BCUT2D eigenvalue weighted by molar-refractivity contribution is -0.141. The maximum Gasteiger partial charge on any atom is 0.431 e. The van der Waals surface area contributed by atoms with Crippen molar-refractivity contribution < 1.29 is 13.2 Å². The first kappa shape index (κ1) is 11.5. The number of aromatic amines is 1. The van der Waals surface area contributed by atoms with Gasteiger partial charge in [0, 0.05) is 0 Å². The number of aromatic nitrogens is 2. The third-order valence-electron chi connectivity index (χ3n) is 1.85. The summed E-state index contributed by atoms with van der Waals surface area (Å²) < 4.78 is 38.0. The Labute approximate surface area is 95.7 Å². The highest BCUT2D eigenvalue weighted by molar-refractivity contribution is 8.00. The largest absolute Gasteiger partial charge is 0.431 e. The van der Waals surface area contributed by atoms with Gasteiger partial charge < -0.3 is 4.98 Å². The Kier molecular flexibility index (Phi) is 2.70. The lowest BCUT2D eigenvalue weighted by Gasteiger charge is -2.04. The van der Waals surface area contributed by atoms with Crippen molar-refractivity contribution in [3.63, 3.8) is 0 Å². The van der Waals surface area contributed by atoms with Gasteiger partial charge in [0.05, 0.1) is 4.70 Å². The molecule has 0 aliphatic carbocycles. The summed E-state index contributed by atoms with van der Waals surface area (Å²) in [6.45, 7) is 0. The van der Waals surface area contributed by atoms with E-state index in [-0.39, 0.29) is 10.2 Å². The van der Waals surface area contributed by atoms with E-state index in [1.165, 1.54) is 11.8 Å². The van der Waals surface area contributed by atoms with Crippen LogP contribution in [0.2, 0.25) is 0 Å². The predicted octanol–water partition coefficient (Wildman–Crippen LogP) is 2.73.